The topological polar surface area (TPSA) is 58.3 Å². The van der Waals surface area contributed by atoms with E-state index in [2.05, 4.69) is 57.0 Å². The van der Waals surface area contributed by atoms with Gasteiger partial charge < -0.3 is 9.42 Å². The molecule has 1 aromatic carbocycles. The molecule has 6 nitrogen and oxygen atoms in total. The average Bonchev–Trinajstić information content (AvgIpc) is 3.10. The molecule has 0 spiro atoms. The lowest BCUT2D eigenvalue weighted by molar-refractivity contribution is 0.285. The second-order valence-electron chi connectivity index (χ2n) is 7.79. The van der Waals surface area contributed by atoms with Gasteiger partial charge in [0.2, 0.25) is 0 Å². The van der Waals surface area contributed by atoms with Gasteiger partial charge in [-0.2, -0.15) is 4.98 Å². The van der Waals surface area contributed by atoms with Crippen molar-refractivity contribution in [3.8, 4) is 11.5 Å². The minimum absolute atomic E-state index is 0.557. The summed E-state index contributed by atoms with van der Waals surface area (Å²) in [6.45, 7) is 11.4. The normalized spacial score (nSPS) is 15.5. The fourth-order valence-corrected chi connectivity index (χ4v) is 3.88. The molecule has 29 heavy (non-hydrogen) atoms. The van der Waals surface area contributed by atoms with E-state index >= 15 is 0 Å². The summed E-state index contributed by atoms with van der Waals surface area (Å²) < 4.78 is 5.49. The lowest BCUT2D eigenvalue weighted by Gasteiger charge is -2.24. The molecule has 1 aliphatic heterocycles. The number of pyridine rings is 1. The second kappa shape index (κ2) is 8.74. The zero-order chi connectivity index (χ0) is 20.2. The van der Waals surface area contributed by atoms with Gasteiger partial charge in [-0.15, -0.1) is 0 Å². The molecule has 1 fully saturated rings. The predicted molar refractivity (Wildman–Crippen MR) is 115 cm³/mol. The standard InChI is InChI=1S/C23H29N5O/c1-4-21-25-23(29-26-21)20-7-5-10-24-22(20)28-12-6-11-27(13-14-28)16-19-15-17(2)8-9-18(19)3/h5,7-10,15H,4,6,11-14,16H2,1-3H3. The second-order valence-corrected chi connectivity index (χ2v) is 7.79. The minimum Gasteiger partial charge on any atom is -0.355 e. The lowest BCUT2D eigenvalue weighted by atomic mass is 10.1. The molecule has 1 aliphatic rings. The molecule has 0 N–H and O–H groups in total. The minimum atomic E-state index is 0.557. The molecule has 0 atom stereocenters. The largest absolute Gasteiger partial charge is 0.355 e. The van der Waals surface area contributed by atoms with E-state index in [0.29, 0.717) is 5.89 Å². The Labute approximate surface area is 172 Å². The van der Waals surface area contributed by atoms with E-state index in [1.165, 1.54) is 16.7 Å². The Kier molecular flexibility index (Phi) is 5.90. The van der Waals surface area contributed by atoms with Crippen LogP contribution in [0.4, 0.5) is 5.82 Å². The quantitative estimate of drug-likeness (QED) is 0.655. The zero-order valence-corrected chi connectivity index (χ0v) is 17.6. The van der Waals surface area contributed by atoms with Crippen LogP contribution in [0, 0.1) is 13.8 Å². The Morgan fingerprint density at radius 2 is 1.97 bits per heavy atom. The van der Waals surface area contributed by atoms with Crippen LogP contribution < -0.4 is 4.90 Å². The summed E-state index contributed by atoms with van der Waals surface area (Å²) in [7, 11) is 0. The van der Waals surface area contributed by atoms with Crippen LogP contribution in [0.2, 0.25) is 0 Å². The van der Waals surface area contributed by atoms with Gasteiger partial charge in [0, 0.05) is 45.3 Å². The smallest absolute Gasteiger partial charge is 0.261 e. The Hall–Kier alpha value is -2.73. The van der Waals surface area contributed by atoms with Crippen LogP contribution in [0.1, 0.15) is 35.9 Å². The molecular formula is C23H29N5O. The molecule has 0 amide bonds. The molecule has 3 aromatic rings. The molecule has 0 saturated carbocycles. The van der Waals surface area contributed by atoms with Gasteiger partial charge in [0.05, 0.1) is 5.56 Å². The van der Waals surface area contributed by atoms with Gasteiger partial charge in [-0.25, -0.2) is 4.98 Å². The summed E-state index contributed by atoms with van der Waals surface area (Å²) in [4.78, 5) is 14.1. The molecule has 0 radical (unpaired) electrons. The van der Waals surface area contributed by atoms with Crippen LogP contribution in [0.25, 0.3) is 11.5 Å². The first-order chi connectivity index (χ1) is 14.1. The number of nitrogens with zero attached hydrogens (tertiary/aromatic N) is 5. The molecule has 4 rings (SSSR count). The highest BCUT2D eigenvalue weighted by atomic mass is 16.5. The van der Waals surface area contributed by atoms with Crippen molar-refractivity contribution >= 4 is 5.82 Å². The van der Waals surface area contributed by atoms with Gasteiger partial charge >= 0.3 is 0 Å². The summed E-state index contributed by atoms with van der Waals surface area (Å²) in [5, 5.41) is 4.05. The molecule has 0 unspecified atom stereocenters. The average molecular weight is 392 g/mol. The van der Waals surface area contributed by atoms with Crippen molar-refractivity contribution in [2.24, 2.45) is 0 Å². The number of rotatable bonds is 5. The van der Waals surface area contributed by atoms with E-state index in [1.807, 2.05) is 25.3 Å². The van der Waals surface area contributed by atoms with E-state index < -0.39 is 0 Å². The van der Waals surface area contributed by atoms with E-state index in [0.717, 1.165) is 62.8 Å². The van der Waals surface area contributed by atoms with Crippen molar-refractivity contribution in [2.45, 2.75) is 40.2 Å². The van der Waals surface area contributed by atoms with Crippen LogP contribution in [0.3, 0.4) is 0 Å². The fraction of sp³-hybridized carbons (Fsp3) is 0.435. The summed E-state index contributed by atoms with van der Waals surface area (Å²) >= 11 is 0. The van der Waals surface area contributed by atoms with Crippen LogP contribution >= 0.6 is 0 Å². The number of aromatic nitrogens is 3. The van der Waals surface area contributed by atoms with E-state index in [1.54, 1.807) is 0 Å². The van der Waals surface area contributed by atoms with Crippen LogP contribution in [0.15, 0.2) is 41.1 Å². The first-order valence-electron chi connectivity index (χ1n) is 10.5. The summed E-state index contributed by atoms with van der Waals surface area (Å²) in [6.07, 6.45) is 3.70. The molecule has 0 aliphatic carbocycles. The Bertz CT molecular complexity index is 967. The molecule has 0 bridgehead atoms. The lowest BCUT2D eigenvalue weighted by Crippen LogP contribution is -2.31. The highest BCUT2D eigenvalue weighted by Crippen LogP contribution is 2.28. The maximum Gasteiger partial charge on any atom is 0.261 e. The van der Waals surface area contributed by atoms with Gasteiger partial charge in [-0.3, -0.25) is 4.90 Å². The molecular weight excluding hydrogens is 362 g/mol. The predicted octanol–water partition coefficient (Wildman–Crippen LogP) is 4.02. The highest BCUT2D eigenvalue weighted by molar-refractivity contribution is 5.69. The monoisotopic (exact) mass is 391 g/mol. The van der Waals surface area contributed by atoms with Gasteiger partial charge in [-0.05, 0) is 43.5 Å². The Morgan fingerprint density at radius 1 is 1.07 bits per heavy atom. The van der Waals surface area contributed by atoms with Crippen molar-refractivity contribution in [1.29, 1.82) is 0 Å². The summed E-state index contributed by atoms with van der Waals surface area (Å²) in [5.41, 5.74) is 5.04. The van der Waals surface area contributed by atoms with Crippen molar-refractivity contribution in [3.63, 3.8) is 0 Å². The number of benzene rings is 1. The Balaban J connectivity index is 1.50. The highest BCUT2D eigenvalue weighted by Gasteiger charge is 2.21. The van der Waals surface area contributed by atoms with Gasteiger partial charge in [0.15, 0.2) is 5.82 Å². The van der Waals surface area contributed by atoms with Gasteiger partial charge in [0.25, 0.3) is 5.89 Å². The first-order valence-corrected chi connectivity index (χ1v) is 10.5. The molecule has 152 valence electrons. The van der Waals surface area contributed by atoms with Crippen LogP contribution in [-0.4, -0.2) is 46.2 Å². The molecule has 2 aromatic heterocycles. The number of hydrogen-bond donors (Lipinski definition) is 0. The summed E-state index contributed by atoms with van der Waals surface area (Å²) in [5.74, 6) is 2.22. The Morgan fingerprint density at radius 3 is 2.79 bits per heavy atom. The molecule has 6 heteroatoms. The van der Waals surface area contributed by atoms with Crippen molar-refractivity contribution in [3.05, 3.63) is 59.0 Å². The van der Waals surface area contributed by atoms with Crippen molar-refractivity contribution < 1.29 is 4.52 Å². The third-order valence-corrected chi connectivity index (χ3v) is 5.59. The summed E-state index contributed by atoms with van der Waals surface area (Å²) in [6, 6.07) is 10.7. The molecule has 1 saturated heterocycles. The van der Waals surface area contributed by atoms with Crippen LogP contribution in [0.5, 0.6) is 0 Å². The number of hydrogen-bond acceptors (Lipinski definition) is 6. The maximum absolute atomic E-state index is 5.49. The first kappa shape index (κ1) is 19.6. The third-order valence-electron chi connectivity index (χ3n) is 5.59. The molecule has 3 heterocycles. The third kappa shape index (κ3) is 4.48. The zero-order valence-electron chi connectivity index (χ0n) is 17.6. The fourth-order valence-electron chi connectivity index (χ4n) is 3.88. The van der Waals surface area contributed by atoms with E-state index in [4.69, 9.17) is 4.52 Å². The SMILES string of the molecule is CCc1noc(-c2cccnc2N2CCCN(Cc3cc(C)ccc3C)CC2)n1. The van der Waals surface area contributed by atoms with Crippen LogP contribution in [-0.2, 0) is 13.0 Å². The number of aryl methyl sites for hydroxylation is 3. The number of anilines is 1. The van der Waals surface area contributed by atoms with Gasteiger partial charge in [0.1, 0.15) is 5.82 Å². The maximum atomic E-state index is 5.49. The van der Waals surface area contributed by atoms with Gasteiger partial charge in [-0.1, -0.05) is 35.8 Å². The van der Waals surface area contributed by atoms with Crippen molar-refractivity contribution in [1.82, 2.24) is 20.0 Å². The van der Waals surface area contributed by atoms with Crippen molar-refractivity contribution in [2.75, 3.05) is 31.1 Å². The van der Waals surface area contributed by atoms with E-state index in [9.17, 15) is 0 Å². The van der Waals surface area contributed by atoms with E-state index in [-0.39, 0.29) is 0 Å².